The molecule has 0 saturated carbocycles. The van der Waals surface area contributed by atoms with Crippen molar-refractivity contribution in [3.63, 3.8) is 0 Å². The summed E-state index contributed by atoms with van der Waals surface area (Å²) in [6.45, 7) is 3.10. The maximum atomic E-state index is 15.4. The number of urea groups is 1. The van der Waals surface area contributed by atoms with E-state index in [0.29, 0.717) is 61.0 Å². The van der Waals surface area contributed by atoms with E-state index in [9.17, 15) is 18.8 Å². The third kappa shape index (κ3) is 6.85. The molecule has 2 fully saturated rings. The summed E-state index contributed by atoms with van der Waals surface area (Å²) in [6, 6.07) is 13.1. The molecule has 1 unspecified atom stereocenters. The zero-order valence-corrected chi connectivity index (χ0v) is 26.3. The number of benzene rings is 3. The van der Waals surface area contributed by atoms with E-state index < -0.39 is 35.4 Å². The van der Waals surface area contributed by atoms with Gasteiger partial charge in [-0.2, -0.15) is 0 Å². The van der Waals surface area contributed by atoms with Gasteiger partial charge in [-0.1, -0.05) is 0 Å². The van der Waals surface area contributed by atoms with Gasteiger partial charge >= 0.3 is 6.03 Å². The van der Waals surface area contributed by atoms with Crippen molar-refractivity contribution in [1.82, 2.24) is 14.8 Å². The first kappa shape index (κ1) is 32.6. The van der Waals surface area contributed by atoms with Crippen LogP contribution in [0.2, 0.25) is 0 Å². The third-order valence-corrected chi connectivity index (χ3v) is 8.20. The number of nitrogens with one attached hydrogen (secondary N) is 1. The first-order chi connectivity index (χ1) is 23.2. The van der Waals surface area contributed by atoms with Crippen LogP contribution in [0.25, 0.3) is 10.9 Å². The number of fused-ring (bicyclic) bond motifs is 1. The molecular formula is C34H33F2N5O7. The zero-order chi connectivity index (χ0) is 33.8. The zero-order valence-electron chi connectivity index (χ0n) is 26.3. The third-order valence-electron chi connectivity index (χ3n) is 8.20. The monoisotopic (exact) mass is 661 g/mol. The molecule has 3 aromatic carbocycles. The van der Waals surface area contributed by atoms with E-state index in [1.165, 1.54) is 49.6 Å². The van der Waals surface area contributed by atoms with Crippen LogP contribution >= 0.6 is 0 Å². The highest BCUT2D eigenvalue weighted by Crippen LogP contribution is 2.37. The second kappa shape index (κ2) is 14.2. The van der Waals surface area contributed by atoms with Crippen molar-refractivity contribution < 1.29 is 42.1 Å². The number of hydrogen-bond donors (Lipinski definition) is 1. The molecule has 2 aliphatic heterocycles. The van der Waals surface area contributed by atoms with Gasteiger partial charge in [0.2, 0.25) is 11.8 Å². The van der Waals surface area contributed by atoms with Crippen molar-refractivity contribution in [1.29, 1.82) is 0 Å². The molecule has 2 saturated heterocycles. The number of ether oxygens (including phenoxy) is 4. The van der Waals surface area contributed by atoms with Gasteiger partial charge in [-0.15, -0.1) is 0 Å². The van der Waals surface area contributed by atoms with Gasteiger partial charge in [-0.25, -0.2) is 18.5 Å². The van der Waals surface area contributed by atoms with Crippen LogP contribution in [-0.4, -0.2) is 92.8 Å². The largest absolute Gasteiger partial charge is 0.493 e. The Labute approximate surface area is 274 Å². The Bertz CT molecular complexity index is 1840. The summed E-state index contributed by atoms with van der Waals surface area (Å²) in [4.78, 5) is 49.4. The molecule has 4 aromatic rings. The Balaban J connectivity index is 1.20. The number of halogens is 2. The molecule has 0 aliphatic carbocycles. The molecule has 6 rings (SSSR count). The number of anilines is 2. The van der Waals surface area contributed by atoms with Gasteiger partial charge in [-0.3, -0.25) is 19.5 Å². The average molecular weight is 662 g/mol. The maximum absolute atomic E-state index is 15.4. The number of morpholine rings is 1. The fourth-order valence-electron chi connectivity index (χ4n) is 5.61. The fourth-order valence-corrected chi connectivity index (χ4v) is 5.61. The van der Waals surface area contributed by atoms with Crippen molar-refractivity contribution in [3.05, 3.63) is 78.5 Å². The number of nitrogens with zero attached hydrogens (tertiary/aromatic N) is 4. The minimum Gasteiger partial charge on any atom is -0.493 e. The van der Waals surface area contributed by atoms with Crippen LogP contribution in [0.3, 0.4) is 0 Å². The molecular weight excluding hydrogens is 628 g/mol. The van der Waals surface area contributed by atoms with Crippen molar-refractivity contribution in [2.45, 2.75) is 0 Å². The first-order valence-electron chi connectivity index (χ1n) is 15.2. The lowest BCUT2D eigenvalue weighted by Gasteiger charge is -2.39. The topological polar surface area (TPSA) is 123 Å². The maximum Gasteiger partial charge on any atom is 0.331 e. The lowest BCUT2D eigenvalue weighted by Crippen LogP contribution is -2.60. The number of aromatic nitrogens is 1. The molecule has 12 nitrogen and oxygen atoms in total. The Hall–Kier alpha value is -5.34. The van der Waals surface area contributed by atoms with Gasteiger partial charge in [0.15, 0.2) is 23.1 Å². The average Bonchev–Trinajstić information content (AvgIpc) is 3.09. The normalized spacial score (nSPS) is 17.0. The molecule has 14 heteroatoms. The van der Waals surface area contributed by atoms with Gasteiger partial charge in [0.25, 0.3) is 0 Å². The highest BCUT2D eigenvalue weighted by molar-refractivity contribution is 6.23. The second-order valence-corrected chi connectivity index (χ2v) is 11.2. The van der Waals surface area contributed by atoms with Crippen molar-refractivity contribution in [2.24, 2.45) is 5.92 Å². The second-order valence-electron chi connectivity index (χ2n) is 11.2. The van der Waals surface area contributed by atoms with Gasteiger partial charge in [0.05, 0.1) is 38.6 Å². The molecule has 0 radical (unpaired) electrons. The molecule has 0 spiro atoms. The SMILES string of the molecule is COc1cc2nccc(Oc3ccc(NC(=O)C4CN(CCN5CCOCC5)C(=O)N(c5ccc(F)cc5)C4=O)cc3F)c2cc1OC. The summed E-state index contributed by atoms with van der Waals surface area (Å²) < 4.78 is 51.0. The van der Waals surface area contributed by atoms with Crippen LogP contribution in [0.5, 0.6) is 23.0 Å². The molecule has 4 amide bonds. The van der Waals surface area contributed by atoms with Crippen LogP contribution in [0.1, 0.15) is 0 Å². The minimum atomic E-state index is -1.31. The van der Waals surface area contributed by atoms with Crippen LogP contribution in [0.4, 0.5) is 25.0 Å². The molecule has 1 atom stereocenters. The van der Waals surface area contributed by atoms with E-state index >= 15 is 4.39 Å². The van der Waals surface area contributed by atoms with Crippen molar-refractivity contribution in [2.75, 3.05) is 70.4 Å². The lowest BCUT2D eigenvalue weighted by atomic mass is 10.0. The predicted molar refractivity (Wildman–Crippen MR) is 172 cm³/mol. The summed E-state index contributed by atoms with van der Waals surface area (Å²) in [6.07, 6.45) is 1.52. The standard InChI is InChI=1S/C34H33F2N5O7/c1-45-30-18-24-27(19-31(30)46-2)37-10-9-28(24)48-29-8-5-22(17-26(29)36)38-32(42)25-20-40(12-11-39-13-15-47-16-14-39)34(44)41(33(25)43)23-6-3-21(35)4-7-23/h3-10,17-19,25H,11-16,20H2,1-2H3,(H,38,42). The Morgan fingerprint density at radius 1 is 0.917 bits per heavy atom. The van der Waals surface area contributed by atoms with Gasteiger partial charge in [0.1, 0.15) is 17.5 Å². The quantitative estimate of drug-likeness (QED) is 0.242. The Morgan fingerprint density at radius 2 is 1.65 bits per heavy atom. The van der Waals surface area contributed by atoms with E-state index in [-0.39, 0.29) is 30.2 Å². The van der Waals surface area contributed by atoms with E-state index in [4.69, 9.17) is 18.9 Å². The molecule has 48 heavy (non-hydrogen) atoms. The number of carbonyl (C=O) groups excluding carboxylic acids is 3. The summed E-state index contributed by atoms with van der Waals surface area (Å²) in [5, 5.41) is 3.16. The molecule has 250 valence electrons. The van der Waals surface area contributed by atoms with Gasteiger partial charge < -0.3 is 29.2 Å². The van der Waals surface area contributed by atoms with E-state index in [1.54, 1.807) is 18.2 Å². The Kier molecular flexibility index (Phi) is 9.64. The summed E-state index contributed by atoms with van der Waals surface area (Å²) in [5.74, 6) is -3.02. The summed E-state index contributed by atoms with van der Waals surface area (Å²) in [7, 11) is 3.00. The van der Waals surface area contributed by atoms with Crippen molar-refractivity contribution >= 4 is 40.1 Å². The fraction of sp³-hybridized carbons (Fsp3) is 0.294. The van der Waals surface area contributed by atoms with Crippen LogP contribution < -0.4 is 24.4 Å². The van der Waals surface area contributed by atoms with E-state index in [0.717, 1.165) is 23.1 Å². The number of pyridine rings is 1. The number of imide groups is 1. The number of rotatable bonds is 10. The number of amides is 4. The van der Waals surface area contributed by atoms with Crippen LogP contribution in [-0.2, 0) is 14.3 Å². The number of hydrogen-bond acceptors (Lipinski definition) is 9. The Morgan fingerprint density at radius 3 is 2.35 bits per heavy atom. The predicted octanol–water partition coefficient (Wildman–Crippen LogP) is 4.68. The first-order valence-corrected chi connectivity index (χ1v) is 15.2. The van der Waals surface area contributed by atoms with Crippen LogP contribution in [0.15, 0.2) is 66.9 Å². The van der Waals surface area contributed by atoms with E-state index in [2.05, 4.69) is 15.2 Å². The molecule has 0 bridgehead atoms. The number of methoxy groups -OCH3 is 2. The molecule has 1 N–H and O–H groups in total. The molecule has 1 aromatic heterocycles. The number of carbonyl (C=O) groups is 3. The molecule has 2 aliphatic rings. The van der Waals surface area contributed by atoms with Crippen molar-refractivity contribution in [3.8, 4) is 23.0 Å². The van der Waals surface area contributed by atoms with Gasteiger partial charge in [-0.05, 0) is 48.5 Å². The highest BCUT2D eigenvalue weighted by atomic mass is 19.1. The molecule has 3 heterocycles. The lowest BCUT2D eigenvalue weighted by molar-refractivity contribution is -0.132. The van der Waals surface area contributed by atoms with E-state index in [1.807, 2.05) is 0 Å². The smallest absolute Gasteiger partial charge is 0.331 e. The highest BCUT2D eigenvalue weighted by Gasteiger charge is 2.43. The van der Waals surface area contributed by atoms with Gasteiger partial charge in [0, 0.05) is 62.1 Å². The summed E-state index contributed by atoms with van der Waals surface area (Å²) in [5.41, 5.74) is 0.750. The van der Waals surface area contributed by atoms with Crippen LogP contribution in [0, 0.1) is 17.6 Å². The minimum absolute atomic E-state index is 0.0775. The summed E-state index contributed by atoms with van der Waals surface area (Å²) >= 11 is 0.